The summed E-state index contributed by atoms with van der Waals surface area (Å²) in [6, 6.07) is 8.45. The molecule has 0 aliphatic rings. The lowest BCUT2D eigenvalue weighted by molar-refractivity contribution is -0.120. The van der Waals surface area contributed by atoms with Crippen LogP contribution in [0.5, 0.6) is 0 Å². The van der Waals surface area contributed by atoms with Gasteiger partial charge in [-0.3, -0.25) is 4.79 Å². The summed E-state index contributed by atoms with van der Waals surface area (Å²) in [5.74, 6) is 0.454. The number of nitrogens with zero attached hydrogens (tertiary/aromatic N) is 2. The van der Waals surface area contributed by atoms with Gasteiger partial charge >= 0.3 is 0 Å². The summed E-state index contributed by atoms with van der Waals surface area (Å²) >= 11 is 1.63. The Labute approximate surface area is 148 Å². The molecule has 0 aliphatic heterocycles. The minimum Gasteiger partial charge on any atom is -0.370 e. The number of hydrogen-bond acceptors (Lipinski definition) is 4. The summed E-state index contributed by atoms with van der Waals surface area (Å²) in [7, 11) is 0. The molecule has 24 heavy (non-hydrogen) atoms. The van der Waals surface area contributed by atoms with Gasteiger partial charge in [-0.25, -0.2) is 4.98 Å². The first-order valence-corrected chi connectivity index (χ1v) is 9.40. The molecule has 0 radical (unpaired) electrons. The number of carbonyl (C=O) groups excluding carboxylic acids is 1. The molecule has 5 heteroatoms. The van der Waals surface area contributed by atoms with Crippen molar-refractivity contribution in [2.75, 3.05) is 24.5 Å². The molecule has 2 rings (SSSR count). The van der Waals surface area contributed by atoms with Crippen molar-refractivity contribution >= 4 is 22.9 Å². The maximum atomic E-state index is 12.1. The minimum absolute atomic E-state index is 0.0379. The Balaban J connectivity index is 1.80. The van der Waals surface area contributed by atoms with Gasteiger partial charge in [0.1, 0.15) is 0 Å². The van der Waals surface area contributed by atoms with Gasteiger partial charge in [0.25, 0.3) is 0 Å². The Hall–Kier alpha value is -1.88. The number of rotatable bonds is 8. The smallest absolute Gasteiger partial charge is 0.226 e. The van der Waals surface area contributed by atoms with Crippen molar-refractivity contribution in [3.8, 4) is 0 Å². The van der Waals surface area contributed by atoms with Crippen molar-refractivity contribution in [1.29, 1.82) is 0 Å². The van der Waals surface area contributed by atoms with Crippen molar-refractivity contribution in [2.24, 2.45) is 0 Å². The lowest BCUT2D eigenvalue weighted by Gasteiger charge is -2.23. The Bertz CT molecular complexity index is 666. The van der Waals surface area contributed by atoms with E-state index in [1.165, 1.54) is 11.3 Å². The molecule has 130 valence electrons. The second-order valence-corrected chi connectivity index (χ2v) is 7.17. The van der Waals surface area contributed by atoms with E-state index in [0.717, 1.165) is 23.8 Å². The van der Waals surface area contributed by atoms with Gasteiger partial charge in [-0.05, 0) is 31.5 Å². The van der Waals surface area contributed by atoms with Crippen LogP contribution in [0.4, 0.5) is 5.69 Å². The fraction of sp³-hybridized carbons (Fsp3) is 0.474. The van der Waals surface area contributed by atoms with Crippen LogP contribution in [0.2, 0.25) is 0 Å². The Morgan fingerprint density at radius 3 is 2.79 bits per heavy atom. The second kappa shape index (κ2) is 8.83. The Morgan fingerprint density at radius 2 is 2.17 bits per heavy atom. The SMILES string of the molecule is CCN(CCNC(=O)Cc1csc(C(C)C)n1)c1cccc(C)c1. The largest absolute Gasteiger partial charge is 0.370 e. The van der Waals surface area contributed by atoms with Crippen LogP contribution in [0.25, 0.3) is 0 Å². The van der Waals surface area contributed by atoms with Gasteiger partial charge in [0.15, 0.2) is 0 Å². The van der Waals surface area contributed by atoms with E-state index < -0.39 is 0 Å². The quantitative estimate of drug-likeness (QED) is 0.792. The summed E-state index contributed by atoms with van der Waals surface area (Å²) in [6.45, 7) is 10.8. The monoisotopic (exact) mass is 345 g/mol. The van der Waals surface area contributed by atoms with Gasteiger partial charge in [0.05, 0.1) is 17.1 Å². The molecule has 0 atom stereocenters. The van der Waals surface area contributed by atoms with Gasteiger partial charge < -0.3 is 10.2 Å². The third-order valence-electron chi connectivity index (χ3n) is 3.86. The lowest BCUT2D eigenvalue weighted by Crippen LogP contribution is -2.35. The van der Waals surface area contributed by atoms with Crippen LogP contribution in [0.3, 0.4) is 0 Å². The summed E-state index contributed by atoms with van der Waals surface area (Å²) in [5, 5.41) is 6.08. The topological polar surface area (TPSA) is 45.2 Å². The number of likely N-dealkylation sites (N-methyl/N-ethyl adjacent to an activating group) is 1. The fourth-order valence-electron chi connectivity index (χ4n) is 2.52. The van der Waals surface area contributed by atoms with Crippen LogP contribution in [0.1, 0.15) is 43.0 Å². The molecule has 0 aliphatic carbocycles. The summed E-state index contributed by atoms with van der Waals surface area (Å²) in [5.41, 5.74) is 3.32. The molecule has 0 unspecified atom stereocenters. The number of nitrogens with one attached hydrogen (secondary N) is 1. The standard InChI is InChI=1S/C19H27N3OS/c1-5-22(17-8-6-7-15(4)11-17)10-9-20-18(23)12-16-13-24-19(21-16)14(2)3/h6-8,11,13-14H,5,9-10,12H2,1-4H3,(H,20,23). The van der Waals surface area contributed by atoms with Crippen molar-refractivity contribution in [1.82, 2.24) is 10.3 Å². The zero-order valence-electron chi connectivity index (χ0n) is 15.0. The van der Waals surface area contributed by atoms with Gasteiger partial charge in [-0.2, -0.15) is 0 Å². The van der Waals surface area contributed by atoms with Gasteiger partial charge in [0.2, 0.25) is 5.91 Å². The van der Waals surface area contributed by atoms with Crippen LogP contribution in [-0.2, 0) is 11.2 Å². The minimum atomic E-state index is 0.0379. The first kappa shape index (κ1) is 18.5. The number of aromatic nitrogens is 1. The number of aryl methyl sites for hydroxylation is 1. The van der Waals surface area contributed by atoms with E-state index in [4.69, 9.17) is 0 Å². The first-order chi connectivity index (χ1) is 11.5. The normalized spacial score (nSPS) is 10.9. The van der Waals surface area contributed by atoms with E-state index in [0.29, 0.717) is 18.9 Å². The highest BCUT2D eigenvalue weighted by atomic mass is 32.1. The molecule has 2 aromatic rings. The van der Waals surface area contributed by atoms with Crippen molar-refractivity contribution in [3.05, 3.63) is 45.9 Å². The van der Waals surface area contributed by atoms with Gasteiger partial charge in [0, 0.05) is 36.6 Å². The highest BCUT2D eigenvalue weighted by Crippen LogP contribution is 2.19. The molecule has 1 aromatic heterocycles. The van der Waals surface area contributed by atoms with Crippen LogP contribution < -0.4 is 10.2 Å². The number of benzene rings is 1. The van der Waals surface area contributed by atoms with E-state index in [-0.39, 0.29) is 5.91 Å². The molecular weight excluding hydrogens is 318 g/mol. The van der Waals surface area contributed by atoms with Crippen LogP contribution in [0, 0.1) is 6.92 Å². The summed E-state index contributed by atoms with van der Waals surface area (Å²) < 4.78 is 0. The van der Waals surface area contributed by atoms with Crippen LogP contribution >= 0.6 is 11.3 Å². The summed E-state index contributed by atoms with van der Waals surface area (Å²) in [6.07, 6.45) is 0.361. The van der Waals surface area contributed by atoms with E-state index in [2.05, 4.69) is 67.2 Å². The number of hydrogen-bond donors (Lipinski definition) is 1. The van der Waals surface area contributed by atoms with Gasteiger partial charge in [-0.15, -0.1) is 11.3 Å². The zero-order valence-corrected chi connectivity index (χ0v) is 15.8. The van der Waals surface area contributed by atoms with E-state index in [9.17, 15) is 4.79 Å². The lowest BCUT2D eigenvalue weighted by atomic mass is 10.2. The van der Waals surface area contributed by atoms with Crippen LogP contribution in [-0.4, -0.2) is 30.5 Å². The van der Waals surface area contributed by atoms with Gasteiger partial charge in [-0.1, -0.05) is 26.0 Å². The number of amides is 1. The summed E-state index contributed by atoms with van der Waals surface area (Å²) in [4.78, 5) is 18.9. The molecule has 1 amide bonds. The Morgan fingerprint density at radius 1 is 1.38 bits per heavy atom. The maximum absolute atomic E-state index is 12.1. The molecule has 0 bridgehead atoms. The van der Waals surface area contributed by atoms with Crippen molar-refractivity contribution in [2.45, 2.75) is 40.0 Å². The molecule has 4 nitrogen and oxygen atoms in total. The molecular formula is C19H27N3OS. The van der Waals surface area contributed by atoms with E-state index >= 15 is 0 Å². The van der Waals surface area contributed by atoms with Crippen molar-refractivity contribution in [3.63, 3.8) is 0 Å². The third-order valence-corrected chi connectivity index (χ3v) is 5.05. The fourth-order valence-corrected chi connectivity index (χ4v) is 3.36. The Kier molecular flexibility index (Phi) is 6.79. The number of anilines is 1. The molecule has 0 fully saturated rings. The molecule has 0 spiro atoms. The zero-order chi connectivity index (χ0) is 17.5. The molecule has 0 saturated carbocycles. The number of thiazole rings is 1. The average Bonchev–Trinajstić information content (AvgIpc) is 3.00. The molecule has 1 N–H and O–H groups in total. The van der Waals surface area contributed by atoms with Crippen molar-refractivity contribution < 1.29 is 4.79 Å². The predicted octanol–water partition coefficient (Wildman–Crippen LogP) is 3.76. The number of carbonyl (C=O) groups is 1. The van der Waals surface area contributed by atoms with Crippen LogP contribution in [0.15, 0.2) is 29.6 Å². The highest BCUT2D eigenvalue weighted by molar-refractivity contribution is 7.09. The average molecular weight is 346 g/mol. The van der Waals surface area contributed by atoms with E-state index in [1.807, 2.05) is 5.38 Å². The first-order valence-electron chi connectivity index (χ1n) is 8.52. The highest BCUT2D eigenvalue weighted by Gasteiger charge is 2.10. The molecule has 1 aromatic carbocycles. The van der Waals surface area contributed by atoms with E-state index in [1.54, 1.807) is 11.3 Å². The third kappa shape index (κ3) is 5.34. The maximum Gasteiger partial charge on any atom is 0.226 e. The second-order valence-electron chi connectivity index (χ2n) is 6.28. The molecule has 0 saturated heterocycles. The molecule has 1 heterocycles. The predicted molar refractivity (Wildman–Crippen MR) is 102 cm³/mol.